The molecular formula is C24H30N4O2. The molecular weight excluding hydrogens is 376 g/mol. The number of likely N-dealkylation sites (tertiary alicyclic amines) is 1. The van der Waals surface area contributed by atoms with E-state index in [0.29, 0.717) is 24.4 Å². The highest BCUT2D eigenvalue weighted by Crippen LogP contribution is 2.54. The molecule has 0 aliphatic carbocycles. The quantitative estimate of drug-likeness (QED) is 0.765. The van der Waals surface area contributed by atoms with Crippen LogP contribution < -0.4 is 5.32 Å². The molecule has 6 heteroatoms. The molecule has 3 saturated heterocycles. The number of nitrogens with zero attached hydrogens (tertiary/aromatic N) is 3. The smallest absolute Gasteiger partial charge is 0.220 e. The average molecular weight is 407 g/mol. The topological polar surface area (TPSA) is 67.4 Å². The van der Waals surface area contributed by atoms with E-state index < -0.39 is 0 Å². The van der Waals surface area contributed by atoms with Gasteiger partial charge in [-0.3, -0.25) is 9.69 Å². The Balaban J connectivity index is 1.15. The largest absolute Gasteiger partial charge is 0.370 e. The highest BCUT2D eigenvalue weighted by Gasteiger charge is 2.62. The third-order valence-corrected chi connectivity index (χ3v) is 7.17. The van der Waals surface area contributed by atoms with Gasteiger partial charge in [0.15, 0.2) is 0 Å². The number of nitrogens with one attached hydrogen (secondary N) is 1. The summed E-state index contributed by atoms with van der Waals surface area (Å²) in [5.74, 6) is 1.06. The van der Waals surface area contributed by atoms with Crippen molar-refractivity contribution in [2.75, 3.05) is 19.6 Å². The van der Waals surface area contributed by atoms with E-state index in [4.69, 9.17) is 4.74 Å². The van der Waals surface area contributed by atoms with Crippen LogP contribution in [0.1, 0.15) is 36.0 Å². The fourth-order valence-corrected chi connectivity index (χ4v) is 5.68. The van der Waals surface area contributed by atoms with Gasteiger partial charge in [-0.2, -0.15) is 0 Å². The maximum absolute atomic E-state index is 12.5. The van der Waals surface area contributed by atoms with Crippen molar-refractivity contribution < 1.29 is 9.53 Å². The Kier molecular flexibility index (Phi) is 5.29. The second-order valence-corrected chi connectivity index (χ2v) is 9.24. The van der Waals surface area contributed by atoms with Gasteiger partial charge >= 0.3 is 0 Å². The molecule has 3 aliphatic rings. The molecule has 0 saturated carbocycles. The number of hydrogen-bond acceptors (Lipinski definition) is 5. The highest BCUT2D eigenvalue weighted by molar-refractivity contribution is 5.76. The highest BCUT2D eigenvalue weighted by atomic mass is 16.5. The molecule has 1 N–H and O–H groups in total. The molecule has 0 radical (unpaired) electrons. The van der Waals surface area contributed by atoms with E-state index in [-0.39, 0.29) is 11.5 Å². The molecule has 3 aliphatic heterocycles. The number of amides is 1. The molecule has 30 heavy (non-hydrogen) atoms. The van der Waals surface area contributed by atoms with Gasteiger partial charge in [-0.1, -0.05) is 29.8 Å². The monoisotopic (exact) mass is 406 g/mol. The first-order valence-corrected chi connectivity index (χ1v) is 11.1. The van der Waals surface area contributed by atoms with Crippen LogP contribution in [0.4, 0.5) is 0 Å². The molecule has 2 aromatic rings. The van der Waals surface area contributed by atoms with Crippen LogP contribution in [0.15, 0.2) is 43.0 Å². The van der Waals surface area contributed by atoms with Crippen molar-refractivity contribution in [1.29, 1.82) is 0 Å². The van der Waals surface area contributed by atoms with Gasteiger partial charge < -0.3 is 10.1 Å². The fraction of sp³-hybridized carbons (Fsp3) is 0.542. The SMILES string of the molecule is Cc1ccc(CCC(=O)NC[C@H]2[C@H]3CN(Cc4cncnc4)C[C@]34CC[C@H]2O4)cc1. The maximum atomic E-state index is 12.5. The van der Waals surface area contributed by atoms with Gasteiger partial charge in [0.25, 0.3) is 0 Å². The number of aryl methyl sites for hydroxylation is 2. The number of ether oxygens (including phenoxy) is 1. The van der Waals surface area contributed by atoms with E-state index in [1.54, 1.807) is 6.33 Å². The van der Waals surface area contributed by atoms with Crippen molar-refractivity contribution in [2.45, 2.75) is 50.9 Å². The van der Waals surface area contributed by atoms with Crippen molar-refractivity contribution in [3.63, 3.8) is 0 Å². The number of carbonyl (C=O) groups is 1. The lowest BCUT2D eigenvalue weighted by Gasteiger charge is -2.29. The van der Waals surface area contributed by atoms with Gasteiger partial charge in [0.05, 0.1) is 11.7 Å². The minimum absolute atomic E-state index is 0.0163. The van der Waals surface area contributed by atoms with Crippen LogP contribution in [0.5, 0.6) is 0 Å². The minimum Gasteiger partial charge on any atom is -0.370 e. The Morgan fingerprint density at radius 1 is 1.23 bits per heavy atom. The lowest BCUT2D eigenvalue weighted by atomic mass is 9.73. The molecule has 4 atom stereocenters. The molecule has 5 rings (SSSR count). The Hall–Kier alpha value is -2.31. The maximum Gasteiger partial charge on any atom is 0.220 e. The zero-order valence-corrected chi connectivity index (χ0v) is 17.6. The van der Waals surface area contributed by atoms with E-state index in [2.05, 4.69) is 51.4 Å². The average Bonchev–Trinajstić information content (AvgIpc) is 3.40. The lowest BCUT2D eigenvalue weighted by molar-refractivity contribution is -0.121. The first kappa shape index (κ1) is 19.6. The first-order chi connectivity index (χ1) is 14.6. The van der Waals surface area contributed by atoms with Gasteiger partial charge in [0.2, 0.25) is 5.91 Å². The van der Waals surface area contributed by atoms with Gasteiger partial charge in [0, 0.05) is 62.4 Å². The third-order valence-electron chi connectivity index (χ3n) is 7.17. The van der Waals surface area contributed by atoms with E-state index in [9.17, 15) is 4.79 Å². The summed E-state index contributed by atoms with van der Waals surface area (Å²) in [6.07, 6.45) is 9.24. The van der Waals surface area contributed by atoms with Crippen molar-refractivity contribution in [3.8, 4) is 0 Å². The zero-order chi connectivity index (χ0) is 20.6. The molecule has 6 nitrogen and oxygen atoms in total. The van der Waals surface area contributed by atoms with Crippen LogP contribution in [0.3, 0.4) is 0 Å². The van der Waals surface area contributed by atoms with Crippen LogP contribution in [0.2, 0.25) is 0 Å². The van der Waals surface area contributed by atoms with Gasteiger partial charge in [-0.05, 0) is 31.7 Å². The third kappa shape index (κ3) is 3.86. The summed E-state index contributed by atoms with van der Waals surface area (Å²) >= 11 is 0. The molecule has 0 unspecified atom stereocenters. The molecule has 1 amide bonds. The van der Waals surface area contributed by atoms with Crippen molar-refractivity contribution in [2.24, 2.45) is 11.8 Å². The zero-order valence-electron chi connectivity index (χ0n) is 17.6. The van der Waals surface area contributed by atoms with E-state index in [1.807, 2.05) is 12.4 Å². The summed E-state index contributed by atoms with van der Waals surface area (Å²) < 4.78 is 6.51. The first-order valence-electron chi connectivity index (χ1n) is 11.1. The summed E-state index contributed by atoms with van der Waals surface area (Å²) in [6, 6.07) is 8.43. The van der Waals surface area contributed by atoms with Gasteiger partial charge in [-0.25, -0.2) is 9.97 Å². The second kappa shape index (κ2) is 8.08. The molecule has 1 aromatic heterocycles. The summed E-state index contributed by atoms with van der Waals surface area (Å²) in [5, 5.41) is 3.21. The normalized spacial score (nSPS) is 29.8. The van der Waals surface area contributed by atoms with Gasteiger partial charge in [0.1, 0.15) is 6.33 Å². The standard InChI is InChI=1S/C24H30N4O2/c1-17-2-4-18(5-3-17)6-7-23(29)27-12-20-21-14-28(13-19-10-25-16-26-11-19)15-24(21)9-8-22(20)30-24/h2-5,10-11,16,20-22H,6-9,12-15H2,1H3,(H,27,29)/t20-,21+,22+,24+/m0/s1. The predicted molar refractivity (Wildman–Crippen MR) is 114 cm³/mol. The van der Waals surface area contributed by atoms with Gasteiger partial charge in [-0.15, -0.1) is 0 Å². The number of rotatable bonds is 7. The predicted octanol–water partition coefficient (Wildman–Crippen LogP) is 2.51. The number of carbonyl (C=O) groups excluding carboxylic acids is 1. The summed E-state index contributed by atoms with van der Waals surface area (Å²) in [4.78, 5) is 23.2. The lowest BCUT2D eigenvalue weighted by Crippen LogP contribution is -2.41. The van der Waals surface area contributed by atoms with E-state index in [0.717, 1.165) is 51.0 Å². The number of hydrogen-bond donors (Lipinski definition) is 1. The van der Waals surface area contributed by atoms with Crippen LogP contribution in [0.25, 0.3) is 0 Å². The van der Waals surface area contributed by atoms with Crippen LogP contribution >= 0.6 is 0 Å². The molecule has 3 fully saturated rings. The molecule has 4 heterocycles. The Morgan fingerprint density at radius 3 is 2.83 bits per heavy atom. The van der Waals surface area contributed by atoms with E-state index >= 15 is 0 Å². The summed E-state index contributed by atoms with van der Waals surface area (Å²) in [6.45, 7) is 5.67. The Bertz CT molecular complexity index is 888. The number of benzene rings is 1. The van der Waals surface area contributed by atoms with Crippen molar-refractivity contribution in [3.05, 3.63) is 59.7 Å². The molecule has 1 aromatic carbocycles. The molecule has 1 spiro atoms. The fourth-order valence-electron chi connectivity index (χ4n) is 5.68. The molecule has 158 valence electrons. The van der Waals surface area contributed by atoms with Crippen molar-refractivity contribution in [1.82, 2.24) is 20.2 Å². The minimum atomic E-state index is -0.0163. The van der Waals surface area contributed by atoms with Crippen molar-refractivity contribution >= 4 is 5.91 Å². The summed E-state index contributed by atoms with van der Waals surface area (Å²) in [5.41, 5.74) is 3.59. The number of fused-ring (bicyclic) bond motifs is 1. The van der Waals surface area contributed by atoms with Crippen LogP contribution in [-0.2, 0) is 22.5 Å². The van der Waals surface area contributed by atoms with Crippen LogP contribution in [-0.4, -0.2) is 52.1 Å². The number of aromatic nitrogens is 2. The Labute approximate surface area is 178 Å². The van der Waals surface area contributed by atoms with Crippen LogP contribution in [0, 0.1) is 18.8 Å². The second-order valence-electron chi connectivity index (χ2n) is 9.24. The summed E-state index contributed by atoms with van der Waals surface area (Å²) in [7, 11) is 0. The molecule has 2 bridgehead atoms. The Morgan fingerprint density at radius 2 is 2.03 bits per heavy atom. The van der Waals surface area contributed by atoms with E-state index in [1.165, 1.54) is 11.1 Å².